The first-order valence-corrected chi connectivity index (χ1v) is 11.3. The van der Waals surface area contributed by atoms with Crippen LogP contribution in [-0.2, 0) is 21.2 Å². The van der Waals surface area contributed by atoms with Crippen LogP contribution in [0.25, 0.3) is 0 Å². The average molecular weight is 397 g/mol. The molecule has 0 aromatic heterocycles. The highest BCUT2D eigenvalue weighted by atomic mass is 32.2. The molecule has 7 heteroatoms. The smallest absolute Gasteiger partial charge is 0.275 e. The van der Waals surface area contributed by atoms with Gasteiger partial charge in [-0.25, -0.2) is 8.42 Å². The van der Waals surface area contributed by atoms with Crippen LogP contribution < -0.4 is 10.2 Å². The van der Waals surface area contributed by atoms with E-state index in [0.29, 0.717) is 31.1 Å². The van der Waals surface area contributed by atoms with Gasteiger partial charge in [0, 0.05) is 18.5 Å². The second kappa shape index (κ2) is 9.17. The van der Waals surface area contributed by atoms with E-state index in [1.54, 1.807) is 16.4 Å². The van der Waals surface area contributed by atoms with Crippen molar-refractivity contribution in [2.24, 2.45) is 0 Å². The largest absolute Gasteiger partial charge is 0.347 e. The van der Waals surface area contributed by atoms with Gasteiger partial charge in [0.25, 0.3) is 5.91 Å². The van der Waals surface area contributed by atoms with E-state index in [1.807, 2.05) is 32.9 Å². The van der Waals surface area contributed by atoms with Gasteiger partial charge in [-0.3, -0.25) is 4.79 Å². The van der Waals surface area contributed by atoms with Gasteiger partial charge < -0.3 is 10.2 Å². The van der Waals surface area contributed by atoms with E-state index < -0.39 is 10.0 Å². The summed E-state index contributed by atoms with van der Waals surface area (Å²) >= 11 is 0. The molecule has 0 radical (unpaired) electrons. The van der Waals surface area contributed by atoms with E-state index in [9.17, 15) is 13.2 Å². The van der Waals surface area contributed by atoms with E-state index in [4.69, 9.17) is 0 Å². The molecule has 1 saturated heterocycles. The Morgan fingerprint density at radius 1 is 1.15 bits per heavy atom. The maximum absolute atomic E-state index is 13.0. The highest BCUT2D eigenvalue weighted by Gasteiger charge is 2.29. The Kier molecular flexibility index (Phi) is 7.42. The predicted octanol–water partition coefficient (Wildman–Crippen LogP) is 0.833. The summed E-state index contributed by atoms with van der Waals surface area (Å²) in [6.45, 7) is 10.8. The Morgan fingerprint density at radius 2 is 1.81 bits per heavy atom. The molecule has 1 aromatic carbocycles. The Bertz CT molecular complexity index is 724. The number of hydrogen-bond donors (Lipinski definition) is 2. The van der Waals surface area contributed by atoms with Crippen LogP contribution in [0.3, 0.4) is 0 Å². The topological polar surface area (TPSA) is 70.9 Å². The molecule has 1 unspecified atom stereocenters. The number of carbonyl (C=O) groups excluding carboxylic acids is 1. The maximum atomic E-state index is 13.0. The Labute approximate surface area is 164 Å². The number of carbonyl (C=O) groups is 1. The van der Waals surface area contributed by atoms with E-state index >= 15 is 0 Å². The molecular weight excluding hydrogens is 362 g/mol. The number of amides is 1. The first-order valence-electron chi connectivity index (χ1n) is 9.85. The minimum atomic E-state index is -3.48. The minimum Gasteiger partial charge on any atom is -0.347 e. The lowest BCUT2D eigenvalue weighted by Gasteiger charge is -2.23. The molecule has 6 nitrogen and oxygen atoms in total. The van der Waals surface area contributed by atoms with Crippen LogP contribution in [0, 0.1) is 0 Å². The molecule has 1 fully saturated rings. The van der Waals surface area contributed by atoms with E-state index in [-0.39, 0.29) is 11.4 Å². The van der Waals surface area contributed by atoms with Crippen molar-refractivity contribution in [3.8, 4) is 0 Å². The number of sulfonamides is 1. The number of benzene rings is 1. The van der Waals surface area contributed by atoms with Crippen LogP contribution in [0.4, 0.5) is 0 Å². The monoisotopic (exact) mass is 396 g/mol. The van der Waals surface area contributed by atoms with Crippen LogP contribution in [0.5, 0.6) is 0 Å². The summed E-state index contributed by atoms with van der Waals surface area (Å²) in [5.41, 5.74) is 0.912. The number of hydrogen-bond acceptors (Lipinski definition) is 3. The van der Waals surface area contributed by atoms with Crippen molar-refractivity contribution in [1.29, 1.82) is 0 Å². The molecule has 0 bridgehead atoms. The van der Waals surface area contributed by atoms with Gasteiger partial charge in [0.1, 0.15) is 0 Å². The molecule has 1 heterocycles. The van der Waals surface area contributed by atoms with Crippen LogP contribution in [-0.4, -0.2) is 56.9 Å². The van der Waals surface area contributed by atoms with Gasteiger partial charge in [0.2, 0.25) is 10.0 Å². The highest BCUT2D eigenvalue weighted by Crippen LogP contribution is 2.17. The Morgan fingerprint density at radius 3 is 2.41 bits per heavy atom. The number of rotatable bonds is 6. The molecule has 1 amide bonds. The third-order valence-electron chi connectivity index (χ3n) is 4.68. The standard InChI is InChI=1S/C20H33N3O3S/c1-5-7-17-8-10-18(11-9-17)27(25,26)23-13-6-12-22(14-15-23)16-19(24)21-20(2,3)4/h8-11H,5-7,12-16H2,1-4H3,(H,21,24)/p+1. The summed E-state index contributed by atoms with van der Waals surface area (Å²) in [7, 11) is -3.48. The maximum Gasteiger partial charge on any atom is 0.275 e. The molecule has 152 valence electrons. The third-order valence-corrected chi connectivity index (χ3v) is 6.59. The average Bonchev–Trinajstić information content (AvgIpc) is 2.80. The fourth-order valence-electron chi connectivity index (χ4n) is 3.40. The second-order valence-electron chi connectivity index (χ2n) is 8.38. The summed E-state index contributed by atoms with van der Waals surface area (Å²) in [5, 5.41) is 2.98. The zero-order chi connectivity index (χ0) is 20.1. The Balaban J connectivity index is 1.98. The summed E-state index contributed by atoms with van der Waals surface area (Å²) in [6.07, 6.45) is 2.75. The van der Waals surface area contributed by atoms with Gasteiger partial charge in [0.15, 0.2) is 6.54 Å². The fourth-order valence-corrected chi connectivity index (χ4v) is 4.88. The first-order chi connectivity index (χ1) is 12.6. The lowest BCUT2D eigenvalue weighted by molar-refractivity contribution is -0.889. The van der Waals surface area contributed by atoms with Crippen LogP contribution in [0.2, 0.25) is 0 Å². The zero-order valence-corrected chi connectivity index (χ0v) is 17.9. The SMILES string of the molecule is CCCc1ccc(S(=O)(=O)N2CCC[NH+](CC(=O)NC(C)(C)C)CC2)cc1. The quantitative estimate of drug-likeness (QED) is 0.748. The van der Waals surface area contributed by atoms with Gasteiger partial charge in [0.05, 0.1) is 24.5 Å². The van der Waals surface area contributed by atoms with Gasteiger partial charge in [-0.15, -0.1) is 0 Å². The zero-order valence-electron chi connectivity index (χ0n) is 17.0. The van der Waals surface area contributed by atoms with Crippen molar-refractivity contribution < 1.29 is 18.1 Å². The predicted molar refractivity (Wildman–Crippen MR) is 107 cm³/mol. The number of quaternary nitrogens is 1. The van der Waals surface area contributed by atoms with Crippen molar-refractivity contribution in [3.05, 3.63) is 29.8 Å². The molecule has 0 aliphatic carbocycles. The number of nitrogens with zero attached hydrogens (tertiary/aromatic N) is 1. The molecule has 1 aliphatic rings. The molecular formula is C20H34N3O3S+. The van der Waals surface area contributed by atoms with Gasteiger partial charge >= 0.3 is 0 Å². The van der Waals surface area contributed by atoms with Crippen molar-refractivity contribution in [2.45, 2.75) is 57.4 Å². The lowest BCUT2D eigenvalue weighted by Crippen LogP contribution is -3.13. The summed E-state index contributed by atoms with van der Waals surface area (Å²) < 4.78 is 27.5. The van der Waals surface area contributed by atoms with Crippen LogP contribution >= 0.6 is 0 Å². The summed E-state index contributed by atoms with van der Waals surface area (Å²) in [6, 6.07) is 7.24. The minimum absolute atomic E-state index is 0.0142. The normalized spacial score (nSPS) is 19.5. The number of nitrogens with one attached hydrogen (secondary N) is 2. The van der Waals surface area contributed by atoms with Crippen LogP contribution in [0.1, 0.15) is 46.1 Å². The molecule has 27 heavy (non-hydrogen) atoms. The fraction of sp³-hybridized carbons (Fsp3) is 0.650. The van der Waals surface area contributed by atoms with E-state index in [0.717, 1.165) is 36.3 Å². The lowest BCUT2D eigenvalue weighted by atomic mass is 10.1. The van der Waals surface area contributed by atoms with Gasteiger partial charge in [-0.1, -0.05) is 25.5 Å². The van der Waals surface area contributed by atoms with Crippen molar-refractivity contribution in [3.63, 3.8) is 0 Å². The molecule has 0 spiro atoms. The van der Waals surface area contributed by atoms with Gasteiger partial charge in [-0.05, 0) is 44.9 Å². The van der Waals surface area contributed by atoms with Crippen molar-refractivity contribution >= 4 is 15.9 Å². The van der Waals surface area contributed by atoms with Crippen molar-refractivity contribution in [1.82, 2.24) is 9.62 Å². The van der Waals surface area contributed by atoms with Crippen LogP contribution in [0.15, 0.2) is 29.2 Å². The molecule has 1 aliphatic heterocycles. The molecule has 0 saturated carbocycles. The summed E-state index contributed by atoms with van der Waals surface area (Å²) in [4.78, 5) is 13.7. The third kappa shape index (κ3) is 6.59. The van der Waals surface area contributed by atoms with E-state index in [1.165, 1.54) is 0 Å². The van der Waals surface area contributed by atoms with E-state index in [2.05, 4.69) is 12.2 Å². The van der Waals surface area contributed by atoms with Crippen molar-refractivity contribution in [2.75, 3.05) is 32.7 Å². The molecule has 1 aromatic rings. The Hall–Kier alpha value is -1.44. The molecule has 1 atom stereocenters. The summed E-state index contributed by atoms with van der Waals surface area (Å²) in [5.74, 6) is 0.0142. The molecule has 2 N–H and O–H groups in total. The highest BCUT2D eigenvalue weighted by molar-refractivity contribution is 7.89. The molecule has 2 rings (SSSR count). The van der Waals surface area contributed by atoms with Gasteiger partial charge in [-0.2, -0.15) is 4.31 Å². The second-order valence-corrected chi connectivity index (χ2v) is 10.3. The first kappa shape index (κ1) is 21.9. The number of aryl methyl sites for hydroxylation is 1.